The quantitative estimate of drug-likeness (QED) is 0.185. The molecule has 8 aromatic carbocycles. The Kier molecular flexibility index (Phi) is 5.89. The summed E-state index contributed by atoms with van der Waals surface area (Å²) in [5.74, 6) is 0. The number of hydrogen-bond acceptors (Lipinski definition) is 0. The van der Waals surface area contributed by atoms with Crippen molar-refractivity contribution >= 4 is 43.4 Å². The number of benzene rings is 8. The average molecular weight is 572 g/mol. The van der Waals surface area contributed by atoms with E-state index in [0.29, 0.717) is 0 Å². The van der Waals surface area contributed by atoms with E-state index in [0.717, 1.165) is 0 Å². The van der Waals surface area contributed by atoms with Gasteiger partial charge in [0.15, 0.2) is 0 Å². The summed E-state index contributed by atoms with van der Waals surface area (Å²) in [6.07, 6.45) is 0. The average Bonchev–Trinajstić information content (AvgIpc) is 3.45. The van der Waals surface area contributed by atoms with Gasteiger partial charge in [0.2, 0.25) is 0 Å². The maximum atomic E-state index is 2.41. The lowest BCUT2D eigenvalue weighted by Crippen LogP contribution is -1.94. The zero-order valence-electron chi connectivity index (χ0n) is 24.7. The van der Waals surface area contributed by atoms with Crippen molar-refractivity contribution in [3.05, 3.63) is 176 Å². The molecule has 0 saturated heterocycles. The number of hydrogen-bond donors (Lipinski definition) is 0. The highest BCUT2D eigenvalue weighted by Crippen LogP contribution is 2.46. The molecule has 9 aromatic rings. The summed E-state index contributed by atoms with van der Waals surface area (Å²) in [6.45, 7) is 0. The Morgan fingerprint density at radius 1 is 0.289 bits per heavy atom. The van der Waals surface area contributed by atoms with E-state index in [1.807, 2.05) is 0 Å². The van der Waals surface area contributed by atoms with Gasteiger partial charge in [-0.2, -0.15) is 0 Å². The standard InChI is InChI=1S/C44H29N/c1-3-15-30(16-4-1)33-19-7-8-21-35(33)44-38-24-11-9-22-36(38)43(37-23-10-12-25-39(37)44)31-27-28-42-40(29-31)34-20-13-14-26-41(34)45(42)32-17-5-2-6-18-32/h1-29H. The summed E-state index contributed by atoms with van der Waals surface area (Å²) in [6, 6.07) is 63.9. The van der Waals surface area contributed by atoms with Crippen LogP contribution in [0.2, 0.25) is 0 Å². The van der Waals surface area contributed by atoms with E-state index in [9.17, 15) is 0 Å². The molecule has 0 N–H and O–H groups in total. The first-order valence-corrected chi connectivity index (χ1v) is 15.5. The van der Waals surface area contributed by atoms with Gasteiger partial charge in [0.1, 0.15) is 0 Å². The van der Waals surface area contributed by atoms with Gasteiger partial charge in [0.05, 0.1) is 11.0 Å². The second kappa shape index (κ2) is 10.4. The van der Waals surface area contributed by atoms with E-state index in [4.69, 9.17) is 0 Å². The second-order valence-electron chi connectivity index (χ2n) is 11.7. The number of fused-ring (bicyclic) bond motifs is 5. The molecule has 210 valence electrons. The molecule has 0 amide bonds. The lowest BCUT2D eigenvalue weighted by atomic mass is 9.83. The van der Waals surface area contributed by atoms with Gasteiger partial charge in [-0.05, 0) is 85.3 Å². The molecule has 0 fully saturated rings. The summed E-state index contributed by atoms with van der Waals surface area (Å²) in [5, 5.41) is 7.59. The van der Waals surface area contributed by atoms with Gasteiger partial charge in [0, 0.05) is 16.5 Å². The van der Waals surface area contributed by atoms with E-state index < -0.39 is 0 Å². The summed E-state index contributed by atoms with van der Waals surface area (Å²) < 4.78 is 2.38. The summed E-state index contributed by atoms with van der Waals surface area (Å²) >= 11 is 0. The molecule has 0 bridgehead atoms. The third kappa shape index (κ3) is 4.02. The molecule has 0 atom stereocenters. The zero-order valence-corrected chi connectivity index (χ0v) is 24.7. The molecule has 9 rings (SSSR count). The number of para-hydroxylation sites is 2. The van der Waals surface area contributed by atoms with Crippen molar-refractivity contribution in [1.82, 2.24) is 4.57 Å². The minimum Gasteiger partial charge on any atom is -0.309 e. The van der Waals surface area contributed by atoms with Crippen LogP contribution in [0.5, 0.6) is 0 Å². The van der Waals surface area contributed by atoms with Crippen molar-refractivity contribution in [2.45, 2.75) is 0 Å². The molecule has 0 spiro atoms. The van der Waals surface area contributed by atoms with Gasteiger partial charge >= 0.3 is 0 Å². The summed E-state index contributed by atoms with van der Waals surface area (Å²) in [4.78, 5) is 0. The van der Waals surface area contributed by atoms with E-state index >= 15 is 0 Å². The predicted molar refractivity (Wildman–Crippen MR) is 192 cm³/mol. The Bertz CT molecular complexity index is 2460. The molecule has 1 nitrogen and oxygen atoms in total. The van der Waals surface area contributed by atoms with E-state index in [1.165, 1.54) is 82.4 Å². The van der Waals surface area contributed by atoms with Crippen molar-refractivity contribution in [3.63, 3.8) is 0 Å². The third-order valence-corrected chi connectivity index (χ3v) is 9.19. The topological polar surface area (TPSA) is 4.93 Å². The van der Waals surface area contributed by atoms with Gasteiger partial charge in [0.25, 0.3) is 0 Å². The van der Waals surface area contributed by atoms with Crippen LogP contribution in [0.4, 0.5) is 0 Å². The molecule has 0 radical (unpaired) electrons. The Morgan fingerprint density at radius 3 is 1.44 bits per heavy atom. The molecule has 0 unspecified atom stereocenters. The first kappa shape index (κ1) is 25.6. The Morgan fingerprint density at radius 2 is 0.778 bits per heavy atom. The Labute approximate surface area is 262 Å². The first-order chi connectivity index (χ1) is 22.4. The van der Waals surface area contributed by atoms with Crippen LogP contribution in [-0.2, 0) is 0 Å². The SMILES string of the molecule is c1ccc(-c2ccccc2-c2c3ccccc3c(-c3ccc4c(c3)c3ccccc3n4-c3ccccc3)c3ccccc23)cc1. The van der Waals surface area contributed by atoms with Crippen molar-refractivity contribution in [2.75, 3.05) is 0 Å². The maximum absolute atomic E-state index is 2.41. The minimum atomic E-state index is 1.17. The van der Waals surface area contributed by atoms with Crippen LogP contribution in [0.3, 0.4) is 0 Å². The van der Waals surface area contributed by atoms with Crippen molar-refractivity contribution in [2.24, 2.45) is 0 Å². The van der Waals surface area contributed by atoms with Gasteiger partial charge in [-0.1, -0.05) is 146 Å². The highest BCUT2D eigenvalue weighted by Gasteiger charge is 2.20. The van der Waals surface area contributed by atoms with Gasteiger partial charge in [-0.25, -0.2) is 0 Å². The normalized spacial score (nSPS) is 11.6. The van der Waals surface area contributed by atoms with Crippen LogP contribution < -0.4 is 0 Å². The molecule has 45 heavy (non-hydrogen) atoms. The van der Waals surface area contributed by atoms with Crippen molar-refractivity contribution < 1.29 is 0 Å². The fraction of sp³-hybridized carbons (Fsp3) is 0. The zero-order chi connectivity index (χ0) is 29.7. The smallest absolute Gasteiger partial charge is 0.0541 e. The highest BCUT2D eigenvalue weighted by molar-refractivity contribution is 6.23. The van der Waals surface area contributed by atoms with Crippen molar-refractivity contribution in [3.8, 4) is 39.1 Å². The Balaban J connectivity index is 1.36. The van der Waals surface area contributed by atoms with Gasteiger partial charge in [-0.3, -0.25) is 0 Å². The Hall–Kier alpha value is -5.92. The lowest BCUT2D eigenvalue weighted by molar-refractivity contribution is 1.18. The molecule has 1 aromatic heterocycles. The van der Waals surface area contributed by atoms with Crippen LogP contribution >= 0.6 is 0 Å². The molecule has 0 aliphatic rings. The van der Waals surface area contributed by atoms with Crippen LogP contribution in [0.1, 0.15) is 0 Å². The molecular formula is C44H29N. The monoisotopic (exact) mass is 571 g/mol. The molecule has 0 aliphatic carbocycles. The van der Waals surface area contributed by atoms with E-state index in [1.54, 1.807) is 0 Å². The predicted octanol–water partition coefficient (Wildman–Crippen LogP) is 12.1. The number of aromatic nitrogens is 1. The van der Waals surface area contributed by atoms with Crippen LogP contribution in [0.15, 0.2) is 176 Å². The van der Waals surface area contributed by atoms with Crippen LogP contribution in [0, 0.1) is 0 Å². The van der Waals surface area contributed by atoms with Crippen molar-refractivity contribution in [1.29, 1.82) is 0 Å². The molecular weight excluding hydrogens is 542 g/mol. The van der Waals surface area contributed by atoms with E-state index in [-0.39, 0.29) is 0 Å². The fourth-order valence-electron chi connectivity index (χ4n) is 7.28. The van der Waals surface area contributed by atoms with Crippen LogP contribution in [-0.4, -0.2) is 4.57 Å². The lowest BCUT2D eigenvalue weighted by Gasteiger charge is -2.19. The largest absolute Gasteiger partial charge is 0.309 e. The highest BCUT2D eigenvalue weighted by atomic mass is 15.0. The summed E-state index contributed by atoms with van der Waals surface area (Å²) in [5.41, 5.74) is 11.1. The molecule has 0 aliphatic heterocycles. The first-order valence-electron chi connectivity index (χ1n) is 15.5. The van der Waals surface area contributed by atoms with Gasteiger partial charge in [-0.15, -0.1) is 0 Å². The third-order valence-electron chi connectivity index (χ3n) is 9.19. The number of rotatable bonds is 4. The minimum absolute atomic E-state index is 1.17. The molecule has 1 heteroatoms. The van der Waals surface area contributed by atoms with Crippen LogP contribution in [0.25, 0.3) is 82.4 Å². The van der Waals surface area contributed by atoms with E-state index in [2.05, 4.69) is 180 Å². The number of nitrogens with zero attached hydrogens (tertiary/aromatic N) is 1. The fourth-order valence-corrected chi connectivity index (χ4v) is 7.28. The second-order valence-corrected chi connectivity index (χ2v) is 11.7. The summed E-state index contributed by atoms with van der Waals surface area (Å²) in [7, 11) is 0. The molecule has 1 heterocycles. The van der Waals surface area contributed by atoms with Gasteiger partial charge < -0.3 is 4.57 Å². The maximum Gasteiger partial charge on any atom is 0.0541 e. The molecule has 0 saturated carbocycles.